The molecular weight excluding hydrogens is 318 g/mol. The van der Waals surface area contributed by atoms with E-state index in [1.54, 1.807) is 18.5 Å². The first-order valence-electron chi connectivity index (χ1n) is 8.41. The lowest BCUT2D eigenvalue weighted by molar-refractivity contribution is -0.667. The summed E-state index contributed by atoms with van der Waals surface area (Å²) < 4.78 is 7.07. The second-order valence-corrected chi connectivity index (χ2v) is 6.23. The SMILES string of the molecule is CCNc1nc[n+](Cc2ccc(OC)c(O)c2)c2nc(C(C)C)[nH]c12. The molecule has 0 saturated carbocycles. The van der Waals surface area contributed by atoms with Crippen LogP contribution in [0.3, 0.4) is 0 Å². The zero-order valence-electron chi connectivity index (χ0n) is 15.0. The molecule has 0 spiro atoms. The fourth-order valence-corrected chi connectivity index (χ4v) is 2.72. The van der Waals surface area contributed by atoms with E-state index in [0.717, 1.165) is 34.9 Å². The zero-order chi connectivity index (χ0) is 18.0. The Morgan fingerprint density at radius 3 is 2.80 bits per heavy atom. The van der Waals surface area contributed by atoms with Gasteiger partial charge in [-0.1, -0.05) is 29.9 Å². The van der Waals surface area contributed by atoms with Crippen LogP contribution in [-0.4, -0.2) is 33.7 Å². The number of ether oxygens (including phenoxy) is 1. The maximum atomic E-state index is 9.99. The number of imidazole rings is 1. The van der Waals surface area contributed by atoms with Crippen LogP contribution in [0, 0.1) is 0 Å². The topological polar surface area (TPSA) is 86.9 Å². The zero-order valence-corrected chi connectivity index (χ0v) is 15.0. The van der Waals surface area contributed by atoms with Crippen molar-refractivity contribution in [2.75, 3.05) is 19.0 Å². The largest absolute Gasteiger partial charge is 0.504 e. The molecule has 0 aliphatic carbocycles. The Morgan fingerprint density at radius 2 is 2.16 bits per heavy atom. The molecule has 0 radical (unpaired) electrons. The van der Waals surface area contributed by atoms with Gasteiger partial charge >= 0.3 is 0 Å². The summed E-state index contributed by atoms with van der Waals surface area (Å²) in [4.78, 5) is 12.6. The lowest BCUT2D eigenvalue weighted by atomic mass is 10.2. The van der Waals surface area contributed by atoms with Crippen molar-refractivity contribution in [3.05, 3.63) is 35.9 Å². The number of aromatic nitrogens is 4. The highest BCUT2D eigenvalue weighted by Gasteiger charge is 2.21. The molecular formula is C18H24N5O2+. The Labute approximate surface area is 146 Å². The molecule has 0 saturated heterocycles. The van der Waals surface area contributed by atoms with Crippen LogP contribution in [0.15, 0.2) is 24.5 Å². The summed E-state index contributed by atoms with van der Waals surface area (Å²) in [5.74, 6) is 2.60. The molecule has 3 aromatic rings. The number of nitrogens with one attached hydrogen (secondary N) is 2. The normalized spacial score (nSPS) is 11.2. The molecule has 0 bridgehead atoms. The molecule has 0 fully saturated rings. The third-order valence-corrected chi connectivity index (χ3v) is 4.03. The molecule has 7 heteroatoms. The molecule has 0 unspecified atom stereocenters. The van der Waals surface area contributed by atoms with Crippen LogP contribution in [0.1, 0.15) is 38.1 Å². The number of methoxy groups -OCH3 is 1. The number of H-pyrrole nitrogens is 1. The highest BCUT2D eigenvalue weighted by Crippen LogP contribution is 2.26. The molecule has 2 aromatic heterocycles. The molecule has 0 aliphatic rings. The first kappa shape index (κ1) is 17.0. The summed E-state index contributed by atoms with van der Waals surface area (Å²) >= 11 is 0. The van der Waals surface area contributed by atoms with Gasteiger partial charge in [-0.15, -0.1) is 0 Å². The molecule has 3 N–H and O–H groups in total. The Balaban J connectivity index is 2.03. The summed E-state index contributed by atoms with van der Waals surface area (Å²) in [6.45, 7) is 7.58. The lowest BCUT2D eigenvalue weighted by Gasteiger charge is -2.07. The van der Waals surface area contributed by atoms with Crippen LogP contribution >= 0.6 is 0 Å². The van der Waals surface area contributed by atoms with Crippen LogP contribution in [0.4, 0.5) is 5.82 Å². The fourth-order valence-electron chi connectivity index (χ4n) is 2.72. The van der Waals surface area contributed by atoms with E-state index < -0.39 is 0 Å². The molecule has 0 amide bonds. The van der Waals surface area contributed by atoms with Gasteiger partial charge in [-0.05, 0) is 24.6 Å². The first-order valence-corrected chi connectivity index (χ1v) is 8.41. The number of aromatic amines is 1. The molecule has 3 rings (SSSR count). The van der Waals surface area contributed by atoms with Gasteiger partial charge in [-0.2, -0.15) is 0 Å². The fraction of sp³-hybridized carbons (Fsp3) is 0.389. The van der Waals surface area contributed by atoms with Crippen molar-refractivity contribution in [1.82, 2.24) is 15.0 Å². The Hall–Kier alpha value is -2.83. The number of rotatable bonds is 6. The molecule has 0 atom stereocenters. The summed E-state index contributed by atoms with van der Waals surface area (Å²) in [5.41, 5.74) is 2.67. The third-order valence-electron chi connectivity index (χ3n) is 4.03. The maximum Gasteiger partial charge on any atom is 0.294 e. The van der Waals surface area contributed by atoms with Crippen LogP contribution in [-0.2, 0) is 6.54 Å². The lowest BCUT2D eigenvalue weighted by Crippen LogP contribution is -2.36. The minimum atomic E-state index is 0.124. The summed E-state index contributed by atoms with van der Waals surface area (Å²) in [7, 11) is 1.54. The van der Waals surface area contributed by atoms with Gasteiger partial charge in [0, 0.05) is 12.5 Å². The molecule has 132 valence electrons. The maximum absolute atomic E-state index is 9.99. The molecule has 0 aliphatic heterocycles. The second kappa shape index (κ2) is 6.96. The number of phenols is 1. The van der Waals surface area contributed by atoms with Gasteiger partial charge in [0.15, 0.2) is 22.8 Å². The van der Waals surface area contributed by atoms with E-state index >= 15 is 0 Å². The van der Waals surface area contributed by atoms with Gasteiger partial charge in [0.25, 0.3) is 5.65 Å². The Kier molecular flexibility index (Phi) is 4.74. The molecule has 25 heavy (non-hydrogen) atoms. The van der Waals surface area contributed by atoms with Gasteiger partial charge in [0.2, 0.25) is 12.1 Å². The predicted molar refractivity (Wildman–Crippen MR) is 96.1 cm³/mol. The van der Waals surface area contributed by atoms with Crippen molar-refractivity contribution in [3.8, 4) is 11.5 Å². The molecule has 2 heterocycles. The van der Waals surface area contributed by atoms with Crippen LogP contribution in [0.25, 0.3) is 11.2 Å². The number of nitrogens with zero attached hydrogens (tertiary/aromatic N) is 3. The van der Waals surface area contributed by atoms with Gasteiger partial charge < -0.3 is 20.1 Å². The van der Waals surface area contributed by atoms with Gasteiger partial charge in [0.1, 0.15) is 0 Å². The van der Waals surface area contributed by atoms with Gasteiger partial charge in [-0.3, -0.25) is 0 Å². The van der Waals surface area contributed by atoms with Crippen molar-refractivity contribution in [1.29, 1.82) is 0 Å². The van der Waals surface area contributed by atoms with Crippen LogP contribution < -0.4 is 14.6 Å². The number of aromatic hydroxyl groups is 1. The monoisotopic (exact) mass is 342 g/mol. The van der Waals surface area contributed by atoms with E-state index in [4.69, 9.17) is 9.72 Å². The van der Waals surface area contributed by atoms with Crippen molar-refractivity contribution in [3.63, 3.8) is 0 Å². The van der Waals surface area contributed by atoms with Crippen LogP contribution in [0.2, 0.25) is 0 Å². The van der Waals surface area contributed by atoms with Crippen molar-refractivity contribution < 1.29 is 14.4 Å². The number of hydrogen-bond acceptors (Lipinski definition) is 5. The number of anilines is 1. The van der Waals surface area contributed by atoms with E-state index in [0.29, 0.717) is 18.2 Å². The smallest absolute Gasteiger partial charge is 0.294 e. The van der Waals surface area contributed by atoms with E-state index in [1.165, 1.54) is 7.11 Å². The number of benzene rings is 1. The highest BCUT2D eigenvalue weighted by atomic mass is 16.5. The molecule has 7 nitrogen and oxygen atoms in total. The highest BCUT2D eigenvalue weighted by molar-refractivity contribution is 5.80. The summed E-state index contributed by atoms with van der Waals surface area (Å²) in [5, 5.41) is 13.3. The average molecular weight is 342 g/mol. The van der Waals surface area contributed by atoms with Crippen molar-refractivity contribution in [2.45, 2.75) is 33.2 Å². The minimum Gasteiger partial charge on any atom is -0.504 e. The summed E-state index contributed by atoms with van der Waals surface area (Å²) in [6, 6.07) is 5.38. The quantitative estimate of drug-likeness (QED) is 0.599. The van der Waals surface area contributed by atoms with Gasteiger partial charge in [-0.25, -0.2) is 4.57 Å². The van der Waals surface area contributed by atoms with Crippen molar-refractivity contribution in [2.24, 2.45) is 0 Å². The van der Waals surface area contributed by atoms with E-state index in [1.807, 2.05) is 17.6 Å². The number of hydrogen-bond donors (Lipinski definition) is 3. The van der Waals surface area contributed by atoms with E-state index in [9.17, 15) is 5.11 Å². The second-order valence-electron chi connectivity index (χ2n) is 6.23. The third kappa shape index (κ3) is 3.35. The van der Waals surface area contributed by atoms with E-state index in [-0.39, 0.29) is 5.75 Å². The Bertz CT molecular complexity index is 889. The number of fused-ring (bicyclic) bond motifs is 1. The minimum absolute atomic E-state index is 0.124. The predicted octanol–water partition coefficient (Wildman–Crippen LogP) is 2.56. The summed E-state index contributed by atoms with van der Waals surface area (Å²) in [6.07, 6.45) is 1.77. The average Bonchev–Trinajstić information content (AvgIpc) is 3.04. The van der Waals surface area contributed by atoms with E-state index in [2.05, 4.69) is 29.1 Å². The van der Waals surface area contributed by atoms with Gasteiger partial charge in [0.05, 0.1) is 13.7 Å². The first-order chi connectivity index (χ1) is 12.0. The van der Waals surface area contributed by atoms with Crippen molar-refractivity contribution >= 4 is 17.0 Å². The standard InChI is InChI=1S/C18H23N5O2/c1-5-19-17-15-18(22-16(21-15)11(2)3)23(10-20-17)9-12-6-7-14(25-4)13(24)8-12/h6-8,10-11H,5,9H2,1-4H3,(H2,19,21,22,24)/p+1. The Morgan fingerprint density at radius 1 is 1.36 bits per heavy atom. The molecule has 1 aromatic carbocycles. The number of phenolic OH excluding ortho intramolecular Hbond substituents is 1. The van der Waals surface area contributed by atoms with Crippen LogP contribution in [0.5, 0.6) is 11.5 Å².